The number of aromatic nitrogens is 2. The van der Waals surface area contributed by atoms with E-state index >= 15 is 0 Å². The van der Waals surface area contributed by atoms with Crippen LogP contribution in [0.4, 0.5) is 23.0 Å². The largest absolute Gasteiger partial charge is 0.478 e. The van der Waals surface area contributed by atoms with Gasteiger partial charge in [0.15, 0.2) is 0 Å². The van der Waals surface area contributed by atoms with Crippen LogP contribution in [0.2, 0.25) is 0 Å². The number of carbonyl (C=O) groups is 2. The molecule has 0 radical (unpaired) electrons. The third-order valence-corrected chi connectivity index (χ3v) is 11.3. The van der Waals surface area contributed by atoms with Gasteiger partial charge < -0.3 is 20.5 Å². The van der Waals surface area contributed by atoms with Crippen molar-refractivity contribution in [2.45, 2.75) is 6.92 Å². The number of carboxylic acids is 1. The number of hydrogen-bond donors (Lipinski definition) is 3. The van der Waals surface area contributed by atoms with Crippen molar-refractivity contribution >= 4 is 111 Å². The molecule has 0 amide bonds. The van der Waals surface area contributed by atoms with Gasteiger partial charge in [0.05, 0.1) is 40.2 Å². The molecule has 284 valence electrons. The maximum Gasteiger partial charge on any atom is 0.338 e. The number of anilines is 4. The molecular formula is C42H30N10O4S2. The quantitative estimate of drug-likeness (QED) is 0.120. The number of pyridine rings is 2. The first kappa shape index (κ1) is 36.3. The zero-order valence-corrected chi connectivity index (χ0v) is 32.2. The number of rotatable bonds is 9. The van der Waals surface area contributed by atoms with Gasteiger partial charge in [-0.3, -0.25) is 0 Å². The summed E-state index contributed by atoms with van der Waals surface area (Å²) in [5.41, 5.74) is 7.42. The highest BCUT2D eigenvalue weighted by molar-refractivity contribution is 7.18. The van der Waals surface area contributed by atoms with Gasteiger partial charge in [-0.2, -0.15) is 10.2 Å². The fraction of sp³-hybridized carbons (Fsp3) is 0.0952. The molecular weight excluding hydrogens is 773 g/mol. The Bertz CT molecular complexity index is 3060. The van der Waals surface area contributed by atoms with Gasteiger partial charge in [0, 0.05) is 53.4 Å². The second kappa shape index (κ2) is 15.7. The van der Waals surface area contributed by atoms with Gasteiger partial charge in [0.1, 0.15) is 24.7 Å². The van der Waals surface area contributed by atoms with Crippen molar-refractivity contribution in [3.63, 3.8) is 0 Å². The average molecular weight is 803 g/mol. The molecule has 0 saturated heterocycles. The third-order valence-electron chi connectivity index (χ3n) is 9.36. The van der Waals surface area contributed by atoms with Gasteiger partial charge in [-0.1, -0.05) is 36.4 Å². The molecule has 8 aromatic rings. The van der Waals surface area contributed by atoms with E-state index in [4.69, 9.17) is 14.7 Å². The summed E-state index contributed by atoms with van der Waals surface area (Å²) in [5, 5.41) is 47.5. The van der Waals surface area contributed by atoms with E-state index in [-0.39, 0.29) is 11.5 Å². The van der Waals surface area contributed by atoms with Crippen LogP contribution in [-0.4, -0.2) is 58.1 Å². The van der Waals surface area contributed by atoms with Crippen LogP contribution in [0.5, 0.6) is 0 Å². The smallest absolute Gasteiger partial charge is 0.338 e. The third kappa shape index (κ3) is 7.24. The summed E-state index contributed by atoms with van der Waals surface area (Å²) >= 11 is 3.32. The average Bonchev–Trinajstić information content (AvgIpc) is 4.09. The topological polar surface area (TPSA) is 188 Å². The van der Waals surface area contributed by atoms with Crippen LogP contribution >= 0.6 is 22.7 Å². The van der Waals surface area contributed by atoms with E-state index in [1.54, 1.807) is 59.9 Å². The first-order chi connectivity index (χ1) is 28.4. The summed E-state index contributed by atoms with van der Waals surface area (Å²) in [7, 11) is 0. The van der Waals surface area contributed by atoms with E-state index in [1.165, 1.54) is 0 Å². The molecule has 4 aromatic heterocycles. The van der Waals surface area contributed by atoms with Crippen molar-refractivity contribution in [3.05, 3.63) is 130 Å². The standard InChI is InChI=1S/C22H17N5O2S.C20H13N5O2S/c1-2-29-22(28)14-4-3-5-15(10-14)24-21-17-8-9-30-20(17)16-7-6-13(11-18(16)25-21)19-12-23-27-26-19;26-20(27)12-2-1-3-13(8-12)22-19-15-6-7-28-18(15)14-5-4-11(9-16(14)23-19)17-10-21-25-24-17/h3-11H,2,12H2,1H3,(H,24,25);1-9H,10H2,(H,22,23)(H,26,27). The van der Waals surface area contributed by atoms with Crippen molar-refractivity contribution in [2.75, 3.05) is 30.3 Å². The second-order valence-electron chi connectivity index (χ2n) is 13.0. The number of fused-ring (bicyclic) bond motifs is 6. The molecule has 14 nitrogen and oxygen atoms in total. The number of nitrogens with one attached hydrogen (secondary N) is 2. The molecule has 2 aliphatic rings. The molecule has 58 heavy (non-hydrogen) atoms. The lowest BCUT2D eigenvalue weighted by Crippen LogP contribution is -2.05. The summed E-state index contributed by atoms with van der Waals surface area (Å²) < 4.78 is 7.38. The van der Waals surface area contributed by atoms with Gasteiger partial charge in [-0.15, -0.1) is 32.9 Å². The number of ether oxygens (including phenoxy) is 1. The molecule has 4 aromatic carbocycles. The van der Waals surface area contributed by atoms with Crippen molar-refractivity contribution in [3.8, 4) is 0 Å². The Morgan fingerprint density at radius 1 is 0.655 bits per heavy atom. The number of thiophene rings is 2. The van der Waals surface area contributed by atoms with Crippen LogP contribution in [0.25, 0.3) is 42.0 Å². The Kier molecular flexibility index (Phi) is 9.83. The van der Waals surface area contributed by atoms with Gasteiger partial charge >= 0.3 is 11.9 Å². The van der Waals surface area contributed by atoms with Crippen LogP contribution in [0.3, 0.4) is 0 Å². The maximum atomic E-state index is 12.1. The lowest BCUT2D eigenvalue weighted by atomic mass is 10.1. The normalized spacial score (nSPS) is 13.1. The fourth-order valence-electron chi connectivity index (χ4n) is 6.62. The lowest BCUT2D eigenvalue weighted by molar-refractivity contribution is 0.0526. The molecule has 0 spiro atoms. The lowest BCUT2D eigenvalue weighted by Gasteiger charge is -2.11. The monoisotopic (exact) mass is 802 g/mol. The number of hydrogen-bond acceptors (Lipinski definition) is 15. The van der Waals surface area contributed by atoms with E-state index < -0.39 is 5.97 Å². The minimum absolute atomic E-state index is 0.224. The van der Waals surface area contributed by atoms with Crippen LogP contribution in [0.15, 0.2) is 139 Å². The second-order valence-corrected chi connectivity index (χ2v) is 14.9. The highest BCUT2D eigenvalue weighted by Crippen LogP contribution is 2.37. The first-order valence-corrected chi connectivity index (χ1v) is 19.8. The van der Waals surface area contributed by atoms with E-state index in [2.05, 4.69) is 59.0 Å². The molecule has 0 saturated carbocycles. The van der Waals surface area contributed by atoms with E-state index in [0.717, 1.165) is 76.0 Å². The Hall–Kier alpha value is -7.30. The van der Waals surface area contributed by atoms with Crippen LogP contribution in [-0.2, 0) is 4.74 Å². The molecule has 0 bridgehead atoms. The predicted molar refractivity (Wildman–Crippen MR) is 229 cm³/mol. The molecule has 6 heterocycles. The van der Waals surface area contributed by atoms with Crippen LogP contribution in [0, 0.1) is 0 Å². The molecule has 0 atom stereocenters. The zero-order valence-electron chi connectivity index (χ0n) is 30.6. The summed E-state index contributed by atoms with van der Waals surface area (Å²) in [6.45, 7) is 3.09. The summed E-state index contributed by atoms with van der Waals surface area (Å²) in [6.07, 6.45) is 0. The molecule has 0 fully saturated rings. The number of carboxylic acid groups (broad SMARTS) is 1. The van der Waals surface area contributed by atoms with Gasteiger partial charge in [0.2, 0.25) is 0 Å². The predicted octanol–water partition coefficient (Wildman–Crippen LogP) is 10.6. The first-order valence-electron chi connectivity index (χ1n) is 18.1. The minimum atomic E-state index is -0.964. The maximum absolute atomic E-state index is 12.1. The Morgan fingerprint density at radius 3 is 1.66 bits per heavy atom. The molecule has 3 N–H and O–H groups in total. The number of nitrogens with zero attached hydrogens (tertiary/aromatic N) is 8. The Balaban J connectivity index is 0.000000151. The van der Waals surface area contributed by atoms with Crippen LogP contribution in [0.1, 0.15) is 38.8 Å². The molecule has 0 unspecified atom stereocenters. The molecule has 16 heteroatoms. The Labute approximate surface area is 337 Å². The summed E-state index contributed by atoms with van der Waals surface area (Å²) in [6, 6.07) is 30.2. The van der Waals surface area contributed by atoms with E-state index in [1.807, 2.05) is 60.0 Å². The van der Waals surface area contributed by atoms with Gasteiger partial charge in [-0.25, -0.2) is 19.6 Å². The highest BCUT2D eigenvalue weighted by atomic mass is 32.1. The van der Waals surface area contributed by atoms with Gasteiger partial charge in [0.25, 0.3) is 0 Å². The molecule has 0 aliphatic carbocycles. The summed E-state index contributed by atoms with van der Waals surface area (Å²) in [4.78, 5) is 33.0. The van der Waals surface area contributed by atoms with Crippen LogP contribution < -0.4 is 10.6 Å². The van der Waals surface area contributed by atoms with Crippen molar-refractivity contribution in [1.82, 2.24) is 9.97 Å². The fourth-order valence-corrected chi connectivity index (χ4v) is 8.49. The highest BCUT2D eigenvalue weighted by Gasteiger charge is 2.16. The number of esters is 1. The SMILES string of the molecule is CCOC(=O)c1cccc(Nc2nc3cc(C4=NN=NC4)ccc3c3sccc23)c1.O=C(O)c1cccc(Nc2nc3cc(C4=NN=NC4)ccc3c3sccc23)c1. The minimum Gasteiger partial charge on any atom is -0.478 e. The zero-order chi connectivity index (χ0) is 39.6. The molecule has 2 aliphatic heterocycles. The number of benzene rings is 4. The molecule has 10 rings (SSSR count). The number of carbonyl (C=O) groups excluding carboxylic acids is 1. The summed E-state index contributed by atoms with van der Waals surface area (Å²) in [5.74, 6) is 0.116. The van der Waals surface area contributed by atoms with E-state index in [0.29, 0.717) is 36.8 Å². The number of aromatic carboxylic acids is 1. The van der Waals surface area contributed by atoms with Crippen molar-refractivity contribution in [1.29, 1.82) is 0 Å². The van der Waals surface area contributed by atoms with Gasteiger partial charge in [-0.05, 0) is 88.8 Å². The van der Waals surface area contributed by atoms with E-state index in [9.17, 15) is 14.7 Å². The van der Waals surface area contributed by atoms with Crippen molar-refractivity contribution < 1.29 is 19.4 Å². The van der Waals surface area contributed by atoms with Crippen molar-refractivity contribution in [2.24, 2.45) is 30.9 Å². The Morgan fingerprint density at radius 2 is 1.17 bits per heavy atom.